The first-order valence-corrected chi connectivity index (χ1v) is 18.1. The molecule has 0 fully saturated rings. The molecular formula is C51H34O2. The summed E-state index contributed by atoms with van der Waals surface area (Å²) in [6, 6.07) is 73.0. The van der Waals surface area contributed by atoms with Gasteiger partial charge in [-0.25, -0.2) is 0 Å². The van der Waals surface area contributed by atoms with Gasteiger partial charge in [-0.05, 0) is 74.5 Å². The molecule has 2 heteroatoms. The van der Waals surface area contributed by atoms with E-state index in [1.54, 1.807) is 0 Å². The molecule has 0 spiro atoms. The smallest absolute Gasteiger partial charge is 0.135 e. The highest BCUT2D eigenvalue weighted by molar-refractivity contribution is 6.00. The van der Waals surface area contributed by atoms with Crippen molar-refractivity contribution in [2.24, 2.45) is 0 Å². The lowest BCUT2D eigenvalue weighted by molar-refractivity contribution is 0.434. The average Bonchev–Trinajstić information content (AvgIpc) is 3.74. The third-order valence-electron chi connectivity index (χ3n) is 10.7. The predicted molar refractivity (Wildman–Crippen MR) is 216 cm³/mol. The van der Waals surface area contributed by atoms with E-state index in [2.05, 4.69) is 200 Å². The predicted octanol–water partition coefficient (Wildman–Crippen LogP) is 13.6. The maximum atomic E-state index is 6.85. The first-order valence-electron chi connectivity index (χ1n) is 18.1. The summed E-state index contributed by atoms with van der Waals surface area (Å²) in [6.07, 6.45) is 0. The summed E-state index contributed by atoms with van der Waals surface area (Å²) in [5, 5.41) is 2.42. The monoisotopic (exact) mass is 678 g/mol. The van der Waals surface area contributed by atoms with Crippen molar-refractivity contribution in [1.82, 2.24) is 0 Å². The van der Waals surface area contributed by atoms with Crippen LogP contribution in [0.1, 0.15) is 22.3 Å². The van der Waals surface area contributed by atoms with Crippen LogP contribution in [0.5, 0.6) is 11.5 Å². The molecule has 0 amide bonds. The van der Waals surface area contributed by atoms with E-state index in [9.17, 15) is 0 Å². The molecule has 0 N–H and O–H groups in total. The Balaban J connectivity index is 1.13. The molecule has 1 aliphatic heterocycles. The Kier molecular flexibility index (Phi) is 7.40. The van der Waals surface area contributed by atoms with Crippen molar-refractivity contribution in [3.05, 3.63) is 229 Å². The van der Waals surface area contributed by atoms with E-state index in [1.807, 2.05) is 6.07 Å². The van der Waals surface area contributed by atoms with E-state index in [-0.39, 0.29) is 0 Å². The van der Waals surface area contributed by atoms with Gasteiger partial charge in [0.15, 0.2) is 0 Å². The Bertz CT molecular complexity index is 2700. The first kappa shape index (κ1) is 30.9. The van der Waals surface area contributed by atoms with E-state index in [1.165, 1.54) is 27.5 Å². The quantitative estimate of drug-likeness (QED) is 0.175. The molecule has 2 nitrogen and oxygen atoms in total. The molecule has 0 aliphatic carbocycles. The van der Waals surface area contributed by atoms with E-state index < -0.39 is 5.41 Å². The summed E-state index contributed by atoms with van der Waals surface area (Å²) < 4.78 is 13.6. The second kappa shape index (κ2) is 12.7. The molecule has 0 saturated carbocycles. The zero-order chi connectivity index (χ0) is 35.2. The minimum absolute atomic E-state index is 0.565. The minimum atomic E-state index is -0.565. The van der Waals surface area contributed by atoms with Crippen LogP contribution in [-0.4, -0.2) is 0 Å². The summed E-state index contributed by atoms with van der Waals surface area (Å²) in [7, 11) is 0. The Morgan fingerprint density at radius 3 is 1.75 bits per heavy atom. The van der Waals surface area contributed by atoms with Gasteiger partial charge in [0, 0.05) is 22.3 Å². The third-order valence-corrected chi connectivity index (χ3v) is 10.7. The Morgan fingerprint density at radius 2 is 0.962 bits per heavy atom. The van der Waals surface area contributed by atoms with Crippen LogP contribution in [-0.2, 0) is 5.41 Å². The zero-order valence-corrected chi connectivity index (χ0v) is 28.9. The summed E-state index contributed by atoms with van der Waals surface area (Å²) >= 11 is 0. The standard InChI is InChI=1S/C51H34O2/c1-4-15-35(16-5-1)37-27-29-43(42-24-14-18-36-17-10-11-23-41(36)42)44(33-37)48-32-31-47(52-48)38-28-30-46-50(34-38)53-49-26-13-12-25-45(49)51(46,39-19-6-2-7-20-39)40-21-8-3-9-22-40/h1-34H. The van der Waals surface area contributed by atoms with Crippen LogP contribution in [0, 0.1) is 0 Å². The molecule has 10 rings (SSSR count). The van der Waals surface area contributed by atoms with Crippen molar-refractivity contribution >= 4 is 10.8 Å². The molecule has 0 bridgehead atoms. The van der Waals surface area contributed by atoms with Gasteiger partial charge in [-0.15, -0.1) is 0 Å². The van der Waals surface area contributed by atoms with Gasteiger partial charge >= 0.3 is 0 Å². The summed E-state index contributed by atoms with van der Waals surface area (Å²) in [4.78, 5) is 0. The van der Waals surface area contributed by atoms with Crippen LogP contribution < -0.4 is 4.74 Å². The second-order valence-electron chi connectivity index (χ2n) is 13.6. The number of fused-ring (bicyclic) bond motifs is 3. The van der Waals surface area contributed by atoms with Gasteiger partial charge < -0.3 is 9.15 Å². The molecule has 0 saturated heterocycles. The highest BCUT2D eigenvalue weighted by atomic mass is 16.5. The fraction of sp³-hybridized carbons (Fsp3) is 0.0196. The second-order valence-corrected chi connectivity index (χ2v) is 13.6. The van der Waals surface area contributed by atoms with Crippen LogP contribution in [0.3, 0.4) is 0 Å². The third kappa shape index (κ3) is 5.11. The molecule has 0 unspecified atom stereocenters. The Labute approximate surface area is 309 Å². The zero-order valence-electron chi connectivity index (χ0n) is 28.9. The van der Waals surface area contributed by atoms with E-state index >= 15 is 0 Å². The van der Waals surface area contributed by atoms with Crippen molar-refractivity contribution in [2.75, 3.05) is 0 Å². The van der Waals surface area contributed by atoms with Crippen molar-refractivity contribution in [2.45, 2.75) is 5.41 Å². The van der Waals surface area contributed by atoms with Crippen LogP contribution in [0.4, 0.5) is 0 Å². The molecule has 250 valence electrons. The first-order chi connectivity index (χ1) is 26.3. The summed E-state index contributed by atoms with van der Waals surface area (Å²) in [6.45, 7) is 0. The van der Waals surface area contributed by atoms with Gasteiger partial charge in [0.25, 0.3) is 0 Å². The van der Waals surface area contributed by atoms with Gasteiger partial charge in [-0.3, -0.25) is 0 Å². The molecule has 2 heterocycles. The molecular weight excluding hydrogens is 645 g/mol. The molecule has 0 atom stereocenters. The van der Waals surface area contributed by atoms with Crippen LogP contribution >= 0.6 is 0 Å². The summed E-state index contributed by atoms with van der Waals surface area (Å²) in [5.74, 6) is 3.26. The molecule has 1 aromatic heterocycles. The van der Waals surface area contributed by atoms with E-state index in [0.29, 0.717) is 0 Å². The van der Waals surface area contributed by atoms with Crippen LogP contribution in [0.15, 0.2) is 211 Å². The number of rotatable bonds is 6. The molecule has 8 aromatic carbocycles. The van der Waals surface area contributed by atoms with Crippen molar-refractivity contribution in [3.8, 4) is 56.4 Å². The number of benzene rings is 8. The van der Waals surface area contributed by atoms with Gasteiger partial charge in [0.2, 0.25) is 0 Å². The molecule has 9 aromatic rings. The SMILES string of the molecule is c1ccc(-c2ccc(-c3cccc4ccccc34)c(-c3ccc(-c4ccc5c(c4)Oc4ccccc4C5(c4ccccc4)c4ccccc4)o3)c2)cc1. The fourth-order valence-electron chi connectivity index (χ4n) is 8.26. The lowest BCUT2D eigenvalue weighted by Gasteiger charge is -2.41. The van der Waals surface area contributed by atoms with Crippen LogP contribution in [0.25, 0.3) is 55.7 Å². The number of para-hydroxylation sites is 1. The van der Waals surface area contributed by atoms with Crippen molar-refractivity contribution in [3.63, 3.8) is 0 Å². The average molecular weight is 679 g/mol. The van der Waals surface area contributed by atoms with E-state index in [0.717, 1.165) is 62.0 Å². The van der Waals surface area contributed by atoms with Gasteiger partial charge in [-0.1, -0.05) is 176 Å². The number of furan rings is 1. The Morgan fingerprint density at radius 1 is 0.340 bits per heavy atom. The molecule has 53 heavy (non-hydrogen) atoms. The summed E-state index contributed by atoms with van der Waals surface area (Å²) in [5.41, 5.74) is 10.6. The van der Waals surface area contributed by atoms with Crippen molar-refractivity contribution in [1.29, 1.82) is 0 Å². The van der Waals surface area contributed by atoms with Gasteiger partial charge in [0.05, 0.1) is 5.41 Å². The van der Waals surface area contributed by atoms with Crippen LogP contribution in [0.2, 0.25) is 0 Å². The highest BCUT2D eigenvalue weighted by Crippen LogP contribution is 2.56. The molecule has 1 aliphatic rings. The maximum absolute atomic E-state index is 6.85. The number of ether oxygens (including phenoxy) is 1. The largest absolute Gasteiger partial charge is 0.457 e. The maximum Gasteiger partial charge on any atom is 0.135 e. The topological polar surface area (TPSA) is 22.4 Å². The Hall–Kier alpha value is -6.90. The lowest BCUT2D eigenvalue weighted by atomic mass is 9.63. The number of hydrogen-bond donors (Lipinski definition) is 0. The molecule has 0 radical (unpaired) electrons. The number of hydrogen-bond acceptors (Lipinski definition) is 2. The normalized spacial score (nSPS) is 12.8. The highest BCUT2D eigenvalue weighted by Gasteiger charge is 2.45. The minimum Gasteiger partial charge on any atom is -0.457 e. The fourth-order valence-corrected chi connectivity index (χ4v) is 8.26. The van der Waals surface area contributed by atoms with Gasteiger partial charge in [0.1, 0.15) is 23.0 Å². The van der Waals surface area contributed by atoms with Gasteiger partial charge in [-0.2, -0.15) is 0 Å². The van der Waals surface area contributed by atoms with E-state index in [4.69, 9.17) is 9.15 Å². The lowest BCUT2D eigenvalue weighted by Crippen LogP contribution is -2.34. The van der Waals surface area contributed by atoms with Crippen molar-refractivity contribution < 1.29 is 9.15 Å².